The van der Waals surface area contributed by atoms with Crippen LogP contribution in [-0.4, -0.2) is 20.0 Å². The molecule has 0 aliphatic heterocycles. The molecule has 2 rings (SSSR count). The van der Waals surface area contributed by atoms with Crippen molar-refractivity contribution in [3.63, 3.8) is 0 Å². The van der Waals surface area contributed by atoms with E-state index in [-0.39, 0.29) is 5.91 Å². The Morgan fingerprint density at radius 1 is 1.18 bits per heavy atom. The third-order valence-electron chi connectivity index (χ3n) is 3.27. The van der Waals surface area contributed by atoms with Gasteiger partial charge in [0.15, 0.2) is 0 Å². The fraction of sp³-hybridized carbons (Fsp3) is 0.235. The Morgan fingerprint density at radius 2 is 1.86 bits per heavy atom. The molecule has 0 aliphatic carbocycles. The van der Waals surface area contributed by atoms with E-state index in [1.165, 1.54) is 10.5 Å². The molecule has 0 heterocycles. The van der Waals surface area contributed by atoms with Gasteiger partial charge in [0, 0.05) is 16.6 Å². The van der Waals surface area contributed by atoms with E-state index in [0.29, 0.717) is 17.1 Å². The van der Waals surface area contributed by atoms with Crippen molar-refractivity contribution >= 4 is 33.4 Å². The Morgan fingerprint density at radius 3 is 2.55 bits per heavy atom. The van der Waals surface area contributed by atoms with E-state index < -0.39 is 0 Å². The van der Waals surface area contributed by atoms with Crippen LogP contribution in [0.25, 0.3) is 0 Å². The third-order valence-corrected chi connectivity index (χ3v) is 4.10. The van der Waals surface area contributed by atoms with Crippen molar-refractivity contribution in [1.29, 1.82) is 0 Å². The van der Waals surface area contributed by atoms with Crippen molar-refractivity contribution in [2.45, 2.75) is 13.1 Å². The van der Waals surface area contributed by atoms with Crippen LogP contribution in [0.4, 0.5) is 0 Å². The average molecular weight is 383 g/mol. The molecular weight excluding hydrogens is 364 g/mol. The number of halogens is 2. The van der Waals surface area contributed by atoms with Crippen molar-refractivity contribution in [2.24, 2.45) is 0 Å². The quantitative estimate of drug-likeness (QED) is 0.819. The molecule has 22 heavy (non-hydrogen) atoms. The lowest BCUT2D eigenvalue weighted by molar-refractivity contribution is -0.872. The largest absolute Gasteiger partial charge is 0.348 e. The number of nitrogens with one attached hydrogen (secondary N) is 2. The SMILES string of the molecule is C[NH+](C)Cc1ccccc1CNC(=O)c1cc(Br)ccc1Cl. The number of benzene rings is 2. The topological polar surface area (TPSA) is 33.5 Å². The molecule has 0 aromatic heterocycles. The van der Waals surface area contributed by atoms with Crippen LogP contribution in [0.5, 0.6) is 0 Å². The van der Waals surface area contributed by atoms with E-state index in [9.17, 15) is 4.79 Å². The van der Waals surface area contributed by atoms with Gasteiger partial charge < -0.3 is 10.2 Å². The Bertz CT molecular complexity index is 673. The molecule has 0 unspecified atom stereocenters. The van der Waals surface area contributed by atoms with E-state index in [2.05, 4.69) is 41.4 Å². The molecule has 116 valence electrons. The van der Waals surface area contributed by atoms with Gasteiger partial charge in [-0.25, -0.2) is 0 Å². The van der Waals surface area contributed by atoms with Crippen LogP contribution in [0.2, 0.25) is 5.02 Å². The minimum Gasteiger partial charge on any atom is -0.348 e. The molecule has 0 radical (unpaired) electrons. The molecule has 0 bridgehead atoms. The van der Waals surface area contributed by atoms with E-state index in [1.54, 1.807) is 12.1 Å². The summed E-state index contributed by atoms with van der Waals surface area (Å²) >= 11 is 9.45. The van der Waals surface area contributed by atoms with E-state index in [1.807, 2.05) is 24.3 Å². The van der Waals surface area contributed by atoms with Crippen LogP contribution in [0.3, 0.4) is 0 Å². The van der Waals surface area contributed by atoms with Crippen molar-refractivity contribution < 1.29 is 9.69 Å². The molecule has 0 saturated heterocycles. The maximum Gasteiger partial charge on any atom is 0.253 e. The maximum absolute atomic E-state index is 12.3. The van der Waals surface area contributed by atoms with Crippen LogP contribution in [-0.2, 0) is 13.1 Å². The zero-order valence-electron chi connectivity index (χ0n) is 12.6. The summed E-state index contributed by atoms with van der Waals surface area (Å²) in [7, 11) is 4.22. The first-order valence-electron chi connectivity index (χ1n) is 7.06. The Hall–Kier alpha value is -1.36. The van der Waals surface area contributed by atoms with E-state index >= 15 is 0 Å². The normalized spacial score (nSPS) is 10.8. The van der Waals surface area contributed by atoms with Gasteiger partial charge in [-0.1, -0.05) is 51.8 Å². The molecule has 0 aliphatic rings. The monoisotopic (exact) mass is 381 g/mol. The average Bonchev–Trinajstić information content (AvgIpc) is 2.48. The summed E-state index contributed by atoms with van der Waals surface area (Å²) in [5.74, 6) is -0.168. The van der Waals surface area contributed by atoms with E-state index in [4.69, 9.17) is 11.6 Å². The number of hydrogen-bond acceptors (Lipinski definition) is 1. The molecule has 0 fully saturated rings. The Kier molecular flexibility index (Phi) is 6.00. The van der Waals surface area contributed by atoms with Gasteiger partial charge in [-0.05, 0) is 23.8 Å². The summed E-state index contributed by atoms with van der Waals surface area (Å²) in [4.78, 5) is 13.6. The lowest BCUT2D eigenvalue weighted by atomic mass is 10.1. The molecular formula is C17H19BrClN2O+. The summed E-state index contributed by atoms with van der Waals surface area (Å²) < 4.78 is 0.832. The number of quaternary nitrogens is 1. The lowest BCUT2D eigenvalue weighted by Gasteiger charge is -2.13. The van der Waals surface area contributed by atoms with Gasteiger partial charge >= 0.3 is 0 Å². The van der Waals surface area contributed by atoms with E-state index in [0.717, 1.165) is 16.6 Å². The fourth-order valence-electron chi connectivity index (χ4n) is 2.23. The van der Waals surface area contributed by atoms with Gasteiger partial charge in [-0.3, -0.25) is 4.79 Å². The fourth-order valence-corrected chi connectivity index (χ4v) is 2.79. The van der Waals surface area contributed by atoms with Gasteiger partial charge in [0.25, 0.3) is 5.91 Å². The first-order chi connectivity index (χ1) is 10.5. The highest BCUT2D eigenvalue weighted by Crippen LogP contribution is 2.21. The standard InChI is InChI=1S/C17H18BrClN2O/c1-21(2)11-13-6-4-3-5-12(13)10-20-17(22)15-9-14(18)7-8-16(15)19/h3-9H,10-11H2,1-2H3,(H,20,22)/p+1. The second-order valence-electron chi connectivity index (χ2n) is 5.46. The van der Waals surface area contributed by atoms with Crippen molar-refractivity contribution in [1.82, 2.24) is 5.32 Å². The van der Waals surface area contributed by atoms with Crippen LogP contribution < -0.4 is 10.2 Å². The number of amides is 1. The first-order valence-corrected chi connectivity index (χ1v) is 8.23. The number of rotatable bonds is 5. The van der Waals surface area contributed by atoms with Gasteiger partial charge in [0.05, 0.1) is 24.7 Å². The minimum atomic E-state index is -0.168. The highest BCUT2D eigenvalue weighted by molar-refractivity contribution is 9.10. The molecule has 3 nitrogen and oxygen atoms in total. The number of hydrogen-bond donors (Lipinski definition) is 2. The van der Waals surface area contributed by atoms with Crippen molar-refractivity contribution in [3.8, 4) is 0 Å². The molecule has 1 amide bonds. The van der Waals surface area contributed by atoms with Crippen LogP contribution in [0, 0.1) is 0 Å². The summed E-state index contributed by atoms with van der Waals surface area (Å²) in [6, 6.07) is 13.4. The molecule has 2 N–H and O–H groups in total. The number of carbonyl (C=O) groups is 1. The third kappa shape index (κ3) is 4.57. The van der Waals surface area contributed by atoms with Crippen LogP contribution in [0.15, 0.2) is 46.9 Å². The molecule has 2 aromatic carbocycles. The summed E-state index contributed by atoms with van der Waals surface area (Å²) in [6.45, 7) is 1.41. The molecule has 2 aromatic rings. The first kappa shape index (κ1) is 17.0. The summed E-state index contributed by atoms with van der Waals surface area (Å²) in [6.07, 6.45) is 0. The highest BCUT2D eigenvalue weighted by Gasteiger charge is 2.12. The zero-order valence-corrected chi connectivity index (χ0v) is 15.0. The van der Waals surface area contributed by atoms with Crippen molar-refractivity contribution in [3.05, 3.63) is 68.7 Å². The Labute approximate surface area is 144 Å². The van der Waals surface area contributed by atoms with Gasteiger partial charge in [-0.2, -0.15) is 0 Å². The molecule has 5 heteroatoms. The zero-order chi connectivity index (χ0) is 16.1. The van der Waals surface area contributed by atoms with Gasteiger partial charge in [0.1, 0.15) is 6.54 Å². The lowest BCUT2D eigenvalue weighted by Crippen LogP contribution is -3.04. The van der Waals surface area contributed by atoms with Crippen molar-refractivity contribution in [2.75, 3.05) is 14.1 Å². The van der Waals surface area contributed by atoms with Crippen LogP contribution >= 0.6 is 27.5 Å². The summed E-state index contributed by atoms with van der Waals surface area (Å²) in [5, 5.41) is 3.39. The molecule has 0 spiro atoms. The smallest absolute Gasteiger partial charge is 0.253 e. The molecule has 0 atom stereocenters. The maximum atomic E-state index is 12.3. The Balaban J connectivity index is 2.10. The highest BCUT2D eigenvalue weighted by atomic mass is 79.9. The number of carbonyl (C=O) groups excluding carboxylic acids is 1. The second-order valence-corrected chi connectivity index (χ2v) is 6.78. The second kappa shape index (κ2) is 7.77. The predicted molar refractivity (Wildman–Crippen MR) is 93.3 cm³/mol. The minimum absolute atomic E-state index is 0.168. The summed E-state index contributed by atoms with van der Waals surface area (Å²) in [5.41, 5.74) is 2.85. The van der Waals surface area contributed by atoms with Crippen LogP contribution in [0.1, 0.15) is 21.5 Å². The van der Waals surface area contributed by atoms with Gasteiger partial charge in [0.2, 0.25) is 0 Å². The predicted octanol–water partition coefficient (Wildman–Crippen LogP) is 2.68. The molecule has 0 saturated carbocycles. The van der Waals surface area contributed by atoms with Gasteiger partial charge in [-0.15, -0.1) is 0 Å².